The molecule has 0 fully saturated rings. The van der Waals surface area contributed by atoms with Gasteiger partial charge >= 0.3 is 0 Å². The summed E-state index contributed by atoms with van der Waals surface area (Å²) in [6.45, 7) is 2.46. The van der Waals surface area contributed by atoms with Gasteiger partial charge in [-0.2, -0.15) is 0 Å². The first kappa shape index (κ1) is 15.9. The summed E-state index contributed by atoms with van der Waals surface area (Å²) in [7, 11) is 0. The van der Waals surface area contributed by atoms with E-state index in [-0.39, 0.29) is 5.91 Å². The van der Waals surface area contributed by atoms with Crippen molar-refractivity contribution in [3.05, 3.63) is 57.5 Å². The van der Waals surface area contributed by atoms with Gasteiger partial charge in [-0.3, -0.25) is 4.79 Å². The van der Waals surface area contributed by atoms with E-state index in [0.29, 0.717) is 18.0 Å². The molecule has 1 amide bonds. The topological polar surface area (TPSA) is 41.1 Å². The lowest BCUT2D eigenvalue weighted by atomic mass is 10.2. The van der Waals surface area contributed by atoms with Crippen molar-refractivity contribution in [1.29, 1.82) is 0 Å². The van der Waals surface area contributed by atoms with Crippen LogP contribution in [0.25, 0.3) is 0 Å². The van der Waals surface area contributed by atoms with Crippen LogP contribution in [0.1, 0.15) is 18.9 Å². The predicted molar refractivity (Wildman–Crippen MR) is 91.8 cm³/mol. The number of amides is 1. The van der Waals surface area contributed by atoms with Gasteiger partial charge in [0.25, 0.3) is 0 Å². The lowest BCUT2D eigenvalue weighted by molar-refractivity contribution is -0.115. The lowest BCUT2D eigenvalue weighted by Gasteiger charge is -2.12. The molecule has 5 heteroatoms. The number of benzene rings is 2. The fraction of sp³-hybridized carbons (Fsp3) is 0.188. The van der Waals surface area contributed by atoms with Crippen LogP contribution in [0.5, 0.6) is 0 Å². The molecule has 3 nitrogen and oxygen atoms in total. The van der Waals surface area contributed by atoms with Crippen molar-refractivity contribution in [3.63, 3.8) is 0 Å². The molecule has 2 rings (SSSR count). The molecular formula is C16H16BrClN2O. The third-order valence-corrected chi connectivity index (χ3v) is 4.10. The number of nitrogens with one attached hydrogen (secondary N) is 2. The second-order valence-corrected chi connectivity index (χ2v) is 5.80. The molecule has 0 atom stereocenters. The fourth-order valence-electron chi connectivity index (χ4n) is 1.82. The Labute approximate surface area is 137 Å². The highest BCUT2D eigenvalue weighted by Gasteiger charge is 2.05. The molecule has 2 aromatic rings. The molecule has 0 radical (unpaired) electrons. The Hall–Kier alpha value is -1.52. The Kier molecular flexibility index (Phi) is 5.65. The van der Waals surface area contributed by atoms with E-state index in [1.54, 1.807) is 12.1 Å². The second kappa shape index (κ2) is 7.48. The molecule has 110 valence electrons. The third kappa shape index (κ3) is 4.48. The van der Waals surface area contributed by atoms with Gasteiger partial charge in [-0.15, -0.1) is 0 Å². The Morgan fingerprint density at radius 1 is 1.24 bits per heavy atom. The van der Waals surface area contributed by atoms with Crippen LogP contribution in [0, 0.1) is 0 Å². The van der Waals surface area contributed by atoms with E-state index in [4.69, 9.17) is 11.6 Å². The van der Waals surface area contributed by atoms with Crippen LogP contribution in [0.15, 0.2) is 46.9 Å². The maximum Gasteiger partial charge on any atom is 0.224 e. The average molecular weight is 368 g/mol. The van der Waals surface area contributed by atoms with Gasteiger partial charge in [-0.1, -0.05) is 52.7 Å². The zero-order chi connectivity index (χ0) is 15.2. The lowest BCUT2D eigenvalue weighted by Crippen LogP contribution is -2.10. The molecule has 0 aliphatic heterocycles. The van der Waals surface area contributed by atoms with Gasteiger partial charge in [-0.25, -0.2) is 0 Å². The van der Waals surface area contributed by atoms with E-state index >= 15 is 0 Å². The number of anilines is 2. The highest BCUT2D eigenvalue weighted by Crippen LogP contribution is 2.27. The predicted octanol–water partition coefficient (Wildman–Crippen LogP) is 5.06. The SMILES string of the molecule is CCC(=O)Nc1ccc(Cl)c(NCc2ccccc2Br)c1. The molecule has 0 aliphatic carbocycles. The zero-order valence-electron chi connectivity index (χ0n) is 11.6. The minimum Gasteiger partial charge on any atom is -0.380 e. The molecule has 2 aromatic carbocycles. The normalized spacial score (nSPS) is 10.2. The molecule has 0 heterocycles. The Bertz CT molecular complexity index is 646. The first-order chi connectivity index (χ1) is 10.1. The Morgan fingerprint density at radius 3 is 2.71 bits per heavy atom. The quantitative estimate of drug-likeness (QED) is 0.775. The van der Waals surface area contributed by atoms with Gasteiger partial charge in [0.05, 0.1) is 10.7 Å². The van der Waals surface area contributed by atoms with Crippen molar-refractivity contribution in [3.8, 4) is 0 Å². The summed E-state index contributed by atoms with van der Waals surface area (Å²) in [5.41, 5.74) is 2.67. The van der Waals surface area contributed by atoms with Crippen LogP contribution in [0.3, 0.4) is 0 Å². The maximum atomic E-state index is 11.4. The summed E-state index contributed by atoms with van der Waals surface area (Å²) in [5.74, 6) is -0.0194. The number of rotatable bonds is 5. The summed E-state index contributed by atoms with van der Waals surface area (Å²) in [6.07, 6.45) is 0.447. The summed E-state index contributed by atoms with van der Waals surface area (Å²) < 4.78 is 1.05. The zero-order valence-corrected chi connectivity index (χ0v) is 14.0. The summed E-state index contributed by atoms with van der Waals surface area (Å²) >= 11 is 9.70. The van der Waals surface area contributed by atoms with E-state index in [2.05, 4.69) is 26.6 Å². The van der Waals surface area contributed by atoms with E-state index in [1.165, 1.54) is 0 Å². The van der Waals surface area contributed by atoms with E-state index in [1.807, 2.05) is 37.3 Å². The third-order valence-electron chi connectivity index (χ3n) is 3.00. The highest BCUT2D eigenvalue weighted by atomic mass is 79.9. The van der Waals surface area contributed by atoms with Crippen molar-refractivity contribution in [1.82, 2.24) is 0 Å². The summed E-state index contributed by atoms with van der Waals surface area (Å²) in [5, 5.41) is 6.73. The standard InChI is InChI=1S/C16H16BrClN2O/c1-2-16(21)20-12-7-8-14(18)15(9-12)19-10-11-5-3-4-6-13(11)17/h3-9,19H,2,10H2,1H3,(H,20,21). The fourth-order valence-corrected chi connectivity index (χ4v) is 2.43. The highest BCUT2D eigenvalue weighted by molar-refractivity contribution is 9.10. The number of hydrogen-bond acceptors (Lipinski definition) is 2. The van der Waals surface area contributed by atoms with E-state index in [9.17, 15) is 4.79 Å². The van der Waals surface area contributed by atoms with E-state index in [0.717, 1.165) is 21.4 Å². The van der Waals surface area contributed by atoms with Crippen molar-refractivity contribution >= 4 is 44.8 Å². The van der Waals surface area contributed by atoms with Gasteiger partial charge in [0.15, 0.2) is 0 Å². The molecule has 2 N–H and O–H groups in total. The second-order valence-electron chi connectivity index (χ2n) is 4.54. The van der Waals surface area contributed by atoms with Crippen molar-refractivity contribution in [2.45, 2.75) is 19.9 Å². The van der Waals surface area contributed by atoms with Gasteiger partial charge in [0.1, 0.15) is 0 Å². The van der Waals surface area contributed by atoms with Crippen LogP contribution in [-0.4, -0.2) is 5.91 Å². The Balaban J connectivity index is 2.10. The van der Waals surface area contributed by atoms with Crippen LogP contribution in [0.2, 0.25) is 5.02 Å². The number of carbonyl (C=O) groups is 1. The first-order valence-electron chi connectivity index (χ1n) is 6.67. The molecule has 21 heavy (non-hydrogen) atoms. The van der Waals surface area contributed by atoms with Crippen LogP contribution >= 0.6 is 27.5 Å². The van der Waals surface area contributed by atoms with Crippen LogP contribution in [-0.2, 0) is 11.3 Å². The molecule has 0 saturated heterocycles. The molecule has 0 unspecified atom stereocenters. The Morgan fingerprint density at radius 2 is 2.00 bits per heavy atom. The van der Waals surface area contributed by atoms with Crippen LogP contribution < -0.4 is 10.6 Å². The molecule has 0 aromatic heterocycles. The molecule has 0 aliphatic rings. The monoisotopic (exact) mass is 366 g/mol. The van der Waals surface area contributed by atoms with Crippen molar-refractivity contribution in [2.75, 3.05) is 10.6 Å². The average Bonchev–Trinajstić information content (AvgIpc) is 2.49. The largest absolute Gasteiger partial charge is 0.380 e. The summed E-state index contributed by atoms with van der Waals surface area (Å²) in [4.78, 5) is 11.4. The molecule has 0 bridgehead atoms. The van der Waals surface area contributed by atoms with Gasteiger partial charge < -0.3 is 10.6 Å². The first-order valence-corrected chi connectivity index (χ1v) is 7.84. The van der Waals surface area contributed by atoms with Gasteiger partial charge in [0, 0.05) is 23.1 Å². The van der Waals surface area contributed by atoms with Gasteiger partial charge in [-0.05, 0) is 29.8 Å². The van der Waals surface area contributed by atoms with E-state index < -0.39 is 0 Å². The summed E-state index contributed by atoms with van der Waals surface area (Å²) in [6, 6.07) is 13.4. The maximum absolute atomic E-state index is 11.4. The molecular weight excluding hydrogens is 352 g/mol. The minimum absolute atomic E-state index is 0.0194. The van der Waals surface area contributed by atoms with Gasteiger partial charge in [0.2, 0.25) is 5.91 Å². The number of hydrogen-bond donors (Lipinski definition) is 2. The molecule has 0 saturated carbocycles. The van der Waals surface area contributed by atoms with Crippen molar-refractivity contribution in [2.24, 2.45) is 0 Å². The molecule has 0 spiro atoms. The smallest absolute Gasteiger partial charge is 0.224 e. The minimum atomic E-state index is -0.0194. The number of halogens is 2. The van der Waals surface area contributed by atoms with Crippen LogP contribution in [0.4, 0.5) is 11.4 Å². The van der Waals surface area contributed by atoms with Crippen molar-refractivity contribution < 1.29 is 4.79 Å². The number of carbonyl (C=O) groups excluding carboxylic acids is 1.